The predicted octanol–water partition coefficient (Wildman–Crippen LogP) is 2.53. The van der Waals surface area contributed by atoms with Crippen LogP contribution in [0.3, 0.4) is 0 Å². The molecule has 0 saturated heterocycles. The molecule has 0 saturated carbocycles. The Bertz CT molecular complexity index is 344. The van der Waals surface area contributed by atoms with Gasteiger partial charge in [0.25, 0.3) is 0 Å². The van der Waals surface area contributed by atoms with Crippen LogP contribution in [0.25, 0.3) is 0 Å². The maximum absolute atomic E-state index is 6.17. The van der Waals surface area contributed by atoms with Gasteiger partial charge < -0.3 is 5.32 Å². The fourth-order valence-corrected chi connectivity index (χ4v) is 1.58. The minimum absolute atomic E-state index is 0.279. The Labute approximate surface area is 96.1 Å². The number of nitrogens with one attached hydrogen (secondary N) is 1. The van der Waals surface area contributed by atoms with Gasteiger partial charge in [0.05, 0.1) is 16.4 Å². The SMILES string of the molecule is C=CC(C)NCc1c(Cl)c(C)nn1CC. The Hall–Kier alpha value is -0.800. The molecule has 1 rings (SSSR count). The third-order valence-corrected chi connectivity index (χ3v) is 2.89. The molecule has 1 unspecified atom stereocenters. The maximum Gasteiger partial charge on any atom is 0.0860 e. The van der Waals surface area contributed by atoms with E-state index in [1.54, 1.807) is 0 Å². The summed E-state index contributed by atoms with van der Waals surface area (Å²) in [6, 6.07) is 0.279. The number of hydrogen-bond donors (Lipinski definition) is 1. The molecule has 0 aromatic carbocycles. The summed E-state index contributed by atoms with van der Waals surface area (Å²) in [6.07, 6.45) is 1.87. The van der Waals surface area contributed by atoms with Crippen molar-refractivity contribution in [3.05, 3.63) is 29.1 Å². The molecule has 1 aromatic rings. The van der Waals surface area contributed by atoms with Gasteiger partial charge in [0.15, 0.2) is 0 Å². The van der Waals surface area contributed by atoms with Crippen LogP contribution in [-0.2, 0) is 13.1 Å². The van der Waals surface area contributed by atoms with Crippen molar-refractivity contribution in [2.24, 2.45) is 0 Å². The Morgan fingerprint density at radius 2 is 2.33 bits per heavy atom. The number of aryl methyl sites for hydroxylation is 2. The van der Waals surface area contributed by atoms with Crippen LogP contribution in [-0.4, -0.2) is 15.8 Å². The van der Waals surface area contributed by atoms with E-state index in [1.165, 1.54) is 0 Å². The van der Waals surface area contributed by atoms with E-state index in [9.17, 15) is 0 Å². The van der Waals surface area contributed by atoms with Crippen molar-refractivity contribution in [3.8, 4) is 0 Å². The molecule has 0 amide bonds. The number of rotatable bonds is 5. The highest BCUT2D eigenvalue weighted by atomic mass is 35.5. The zero-order valence-electron chi connectivity index (χ0n) is 9.55. The van der Waals surface area contributed by atoms with Crippen LogP contribution in [0, 0.1) is 6.92 Å². The van der Waals surface area contributed by atoms with Crippen molar-refractivity contribution in [2.75, 3.05) is 0 Å². The Morgan fingerprint density at radius 3 is 2.87 bits per heavy atom. The van der Waals surface area contributed by atoms with Gasteiger partial charge in [-0.05, 0) is 20.8 Å². The van der Waals surface area contributed by atoms with E-state index in [0.29, 0.717) is 0 Å². The van der Waals surface area contributed by atoms with E-state index in [0.717, 1.165) is 29.5 Å². The minimum atomic E-state index is 0.279. The molecule has 0 aliphatic rings. The maximum atomic E-state index is 6.17. The molecular formula is C11H18ClN3. The van der Waals surface area contributed by atoms with Gasteiger partial charge in [0.2, 0.25) is 0 Å². The highest BCUT2D eigenvalue weighted by Gasteiger charge is 2.12. The monoisotopic (exact) mass is 227 g/mol. The molecular weight excluding hydrogens is 210 g/mol. The smallest absolute Gasteiger partial charge is 0.0860 e. The molecule has 0 fully saturated rings. The van der Waals surface area contributed by atoms with Gasteiger partial charge in [0, 0.05) is 19.1 Å². The fourth-order valence-electron chi connectivity index (χ4n) is 1.38. The van der Waals surface area contributed by atoms with Gasteiger partial charge in [-0.15, -0.1) is 6.58 Å². The first kappa shape index (κ1) is 12.3. The summed E-state index contributed by atoms with van der Waals surface area (Å²) < 4.78 is 1.93. The third-order valence-electron chi connectivity index (χ3n) is 2.40. The molecule has 0 radical (unpaired) electrons. The highest BCUT2D eigenvalue weighted by Crippen LogP contribution is 2.19. The normalized spacial score (nSPS) is 12.8. The lowest BCUT2D eigenvalue weighted by atomic mass is 10.3. The van der Waals surface area contributed by atoms with Gasteiger partial charge in [-0.3, -0.25) is 4.68 Å². The zero-order valence-corrected chi connectivity index (χ0v) is 10.3. The van der Waals surface area contributed by atoms with Crippen LogP contribution in [0.15, 0.2) is 12.7 Å². The summed E-state index contributed by atoms with van der Waals surface area (Å²) in [4.78, 5) is 0. The molecule has 1 atom stereocenters. The third kappa shape index (κ3) is 2.83. The van der Waals surface area contributed by atoms with Crippen LogP contribution in [0.2, 0.25) is 5.02 Å². The lowest BCUT2D eigenvalue weighted by Crippen LogP contribution is -2.24. The number of nitrogens with zero attached hydrogens (tertiary/aromatic N) is 2. The van der Waals surface area contributed by atoms with Gasteiger partial charge in [0.1, 0.15) is 0 Å². The molecule has 84 valence electrons. The highest BCUT2D eigenvalue weighted by molar-refractivity contribution is 6.31. The largest absolute Gasteiger partial charge is 0.305 e. The summed E-state index contributed by atoms with van der Waals surface area (Å²) in [5.41, 5.74) is 1.94. The van der Waals surface area contributed by atoms with Crippen molar-refractivity contribution in [1.82, 2.24) is 15.1 Å². The standard InChI is InChI=1S/C11H18ClN3/c1-5-8(3)13-7-10-11(12)9(4)14-15(10)6-2/h5,8,13H,1,6-7H2,2-4H3. The average Bonchev–Trinajstić information content (AvgIpc) is 2.52. The summed E-state index contributed by atoms with van der Waals surface area (Å²) in [5.74, 6) is 0. The molecule has 3 nitrogen and oxygen atoms in total. The van der Waals surface area contributed by atoms with E-state index in [-0.39, 0.29) is 6.04 Å². The molecule has 0 bridgehead atoms. The first-order valence-corrected chi connectivity index (χ1v) is 5.55. The van der Waals surface area contributed by atoms with Crippen molar-refractivity contribution < 1.29 is 0 Å². The van der Waals surface area contributed by atoms with E-state index in [2.05, 4.69) is 30.8 Å². The first-order valence-electron chi connectivity index (χ1n) is 5.17. The summed E-state index contributed by atoms with van der Waals surface area (Å²) >= 11 is 6.17. The van der Waals surface area contributed by atoms with E-state index >= 15 is 0 Å². The van der Waals surface area contributed by atoms with Crippen LogP contribution in [0.4, 0.5) is 0 Å². The fraction of sp³-hybridized carbons (Fsp3) is 0.545. The first-order chi connectivity index (χ1) is 7.10. The van der Waals surface area contributed by atoms with Crippen molar-refractivity contribution in [1.29, 1.82) is 0 Å². The summed E-state index contributed by atoms with van der Waals surface area (Å²) in [6.45, 7) is 11.3. The van der Waals surface area contributed by atoms with Crippen LogP contribution in [0.1, 0.15) is 25.2 Å². The molecule has 0 spiro atoms. The molecule has 0 aliphatic carbocycles. The average molecular weight is 228 g/mol. The Balaban J connectivity index is 2.78. The van der Waals surface area contributed by atoms with Gasteiger partial charge in [-0.2, -0.15) is 5.10 Å². The van der Waals surface area contributed by atoms with E-state index < -0.39 is 0 Å². The Kier molecular flexibility index (Phi) is 4.36. The quantitative estimate of drug-likeness (QED) is 0.784. The number of aromatic nitrogens is 2. The molecule has 15 heavy (non-hydrogen) atoms. The molecule has 1 aromatic heterocycles. The van der Waals surface area contributed by atoms with Gasteiger partial charge in [-0.1, -0.05) is 17.7 Å². The number of hydrogen-bond acceptors (Lipinski definition) is 2. The van der Waals surface area contributed by atoms with Crippen molar-refractivity contribution in [3.63, 3.8) is 0 Å². The lowest BCUT2D eigenvalue weighted by Gasteiger charge is -2.10. The Morgan fingerprint density at radius 1 is 1.67 bits per heavy atom. The molecule has 1 heterocycles. The second-order valence-corrected chi connectivity index (χ2v) is 3.95. The topological polar surface area (TPSA) is 29.9 Å². The molecule has 4 heteroatoms. The van der Waals surface area contributed by atoms with Crippen LogP contribution < -0.4 is 5.32 Å². The van der Waals surface area contributed by atoms with Crippen molar-refractivity contribution in [2.45, 2.75) is 39.9 Å². The van der Waals surface area contributed by atoms with Gasteiger partial charge >= 0.3 is 0 Å². The minimum Gasteiger partial charge on any atom is -0.305 e. The molecule has 1 N–H and O–H groups in total. The second kappa shape index (κ2) is 5.33. The van der Waals surface area contributed by atoms with Crippen LogP contribution >= 0.6 is 11.6 Å². The summed E-state index contributed by atoms with van der Waals surface area (Å²) in [5, 5.41) is 8.43. The van der Waals surface area contributed by atoms with E-state index in [4.69, 9.17) is 11.6 Å². The lowest BCUT2D eigenvalue weighted by molar-refractivity contribution is 0.561. The summed E-state index contributed by atoms with van der Waals surface area (Å²) in [7, 11) is 0. The molecule has 0 aliphatic heterocycles. The number of halogens is 1. The van der Waals surface area contributed by atoms with E-state index in [1.807, 2.05) is 17.7 Å². The van der Waals surface area contributed by atoms with Crippen molar-refractivity contribution >= 4 is 11.6 Å². The van der Waals surface area contributed by atoms with Gasteiger partial charge in [-0.25, -0.2) is 0 Å². The van der Waals surface area contributed by atoms with Crippen LogP contribution in [0.5, 0.6) is 0 Å². The predicted molar refractivity (Wildman–Crippen MR) is 64.1 cm³/mol. The zero-order chi connectivity index (χ0) is 11.4. The second-order valence-electron chi connectivity index (χ2n) is 3.57.